The van der Waals surface area contributed by atoms with Gasteiger partial charge in [0.2, 0.25) is 0 Å². The molecule has 4 aromatic rings. The van der Waals surface area contributed by atoms with Crippen molar-refractivity contribution < 1.29 is 4.74 Å². The summed E-state index contributed by atoms with van der Waals surface area (Å²) in [6, 6.07) is 21.5. The summed E-state index contributed by atoms with van der Waals surface area (Å²) in [5, 5.41) is 2.54. The van der Waals surface area contributed by atoms with Crippen molar-refractivity contribution in [3.05, 3.63) is 95.2 Å². The molecule has 0 spiro atoms. The van der Waals surface area contributed by atoms with Crippen molar-refractivity contribution in [2.24, 2.45) is 0 Å². The van der Waals surface area contributed by atoms with Crippen LogP contribution in [-0.2, 0) is 4.74 Å². The molecule has 3 nitrogen and oxygen atoms in total. The molecule has 148 valence electrons. The van der Waals surface area contributed by atoms with Crippen LogP contribution in [0.4, 0.5) is 5.69 Å². The van der Waals surface area contributed by atoms with Gasteiger partial charge in [0, 0.05) is 44.9 Å². The van der Waals surface area contributed by atoms with Gasteiger partial charge < -0.3 is 9.64 Å². The Kier molecular flexibility index (Phi) is 4.31. The topological polar surface area (TPSA) is 25.4 Å². The summed E-state index contributed by atoms with van der Waals surface area (Å²) < 4.78 is 7.52. The first-order chi connectivity index (χ1) is 14.8. The first-order valence-corrected chi connectivity index (χ1v) is 11.3. The Balaban J connectivity index is 1.36. The highest BCUT2D eigenvalue weighted by Crippen LogP contribution is 2.39. The largest absolute Gasteiger partial charge is 0.492 e. The molecule has 1 atom stereocenters. The predicted molar refractivity (Wildman–Crippen MR) is 125 cm³/mol. The summed E-state index contributed by atoms with van der Waals surface area (Å²) in [5.41, 5.74) is 3.56. The Morgan fingerprint density at radius 3 is 2.90 bits per heavy atom. The maximum absolute atomic E-state index is 6.15. The lowest BCUT2D eigenvalue weighted by molar-refractivity contribution is 0.233. The number of para-hydroxylation sites is 1. The number of pyridine rings is 1. The normalized spacial score (nSPS) is 19.1. The zero-order valence-corrected chi connectivity index (χ0v) is 17.4. The minimum Gasteiger partial charge on any atom is -0.492 e. The van der Waals surface area contributed by atoms with Crippen LogP contribution in [0.25, 0.3) is 21.0 Å². The number of hydrogen-bond donors (Lipinski definition) is 0. The maximum Gasteiger partial charge on any atom is 0.120 e. The summed E-state index contributed by atoms with van der Waals surface area (Å²) in [4.78, 5) is 8.40. The number of aromatic nitrogens is 1. The molecule has 6 rings (SSSR count). The van der Waals surface area contributed by atoms with Crippen molar-refractivity contribution in [1.82, 2.24) is 4.98 Å². The summed E-state index contributed by atoms with van der Waals surface area (Å²) in [6.45, 7) is 2.44. The molecule has 1 aliphatic carbocycles. The van der Waals surface area contributed by atoms with Gasteiger partial charge in [0.25, 0.3) is 0 Å². The number of nitrogens with zero attached hydrogens (tertiary/aromatic N) is 2. The van der Waals surface area contributed by atoms with Crippen LogP contribution >= 0.6 is 11.3 Å². The average molecular weight is 411 g/mol. The molecule has 1 fully saturated rings. The molecule has 2 aliphatic rings. The summed E-state index contributed by atoms with van der Waals surface area (Å²) in [6.07, 6.45) is 7.64. The van der Waals surface area contributed by atoms with E-state index in [-0.39, 0.29) is 0 Å². The molecule has 4 heteroatoms. The van der Waals surface area contributed by atoms with Gasteiger partial charge in [0.15, 0.2) is 0 Å². The molecule has 1 unspecified atom stereocenters. The Bertz CT molecular complexity index is 1260. The molecule has 2 aromatic heterocycles. The Hall–Kier alpha value is -3.11. The summed E-state index contributed by atoms with van der Waals surface area (Å²) in [5.74, 6) is 1.48. The first-order valence-electron chi connectivity index (χ1n) is 10.5. The lowest BCUT2D eigenvalue weighted by atomic mass is 9.93. The van der Waals surface area contributed by atoms with E-state index in [2.05, 4.69) is 76.6 Å². The SMILES string of the molecule is C1=C2CN(c3ccnc4ccccc34)CCOC2=CCC1c1cc2ccccc2s1. The van der Waals surface area contributed by atoms with Gasteiger partial charge in [-0.2, -0.15) is 0 Å². The van der Waals surface area contributed by atoms with Gasteiger partial charge in [0.05, 0.1) is 12.1 Å². The van der Waals surface area contributed by atoms with Gasteiger partial charge in [-0.15, -0.1) is 11.3 Å². The standard InChI is InChI=1S/C26H22N2OS/c1-4-8-25-18(5-1)16-26(30-25)19-9-10-24-20(15-19)17-28(13-14-29-24)23-11-12-27-22-7-3-2-6-21(22)23/h1-8,10-12,15-16,19H,9,13-14,17H2. The lowest BCUT2D eigenvalue weighted by Gasteiger charge is -2.25. The van der Waals surface area contributed by atoms with E-state index in [1.807, 2.05) is 23.6 Å². The van der Waals surface area contributed by atoms with Crippen LogP contribution in [0.5, 0.6) is 0 Å². The highest BCUT2D eigenvalue weighted by atomic mass is 32.1. The summed E-state index contributed by atoms with van der Waals surface area (Å²) in [7, 11) is 0. The fourth-order valence-electron chi connectivity index (χ4n) is 4.54. The van der Waals surface area contributed by atoms with E-state index >= 15 is 0 Å². The van der Waals surface area contributed by atoms with Crippen molar-refractivity contribution in [2.75, 3.05) is 24.6 Å². The van der Waals surface area contributed by atoms with Gasteiger partial charge >= 0.3 is 0 Å². The first kappa shape index (κ1) is 17.7. The molecule has 0 radical (unpaired) electrons. The van der Waals surface area contributed by atoms with E-state index in [4.69, 9.17) is 4.74 Å². The van der Waals surface area contributed by atoms with Crippen LogP contribution in [0.3, 0.4) is 0 Å². The molecule has 0 N–H and O–H groups in total. The number of thiophene rings is 1. The van der Waals surface area contributed by atoms with E-state index in [0.29, 0.717) is 12.5 Å². The Morgan fingerprint density at radius 1 is 1.03 bits per heavy atom. The van der Waals surface area contributed by atoms with Gasteiger partial charge in [-0.1, -0.05) is 42.5 Å². The molecule has 0 bridgehead atoms. The third-order valence-corrected chi connectivity index (χ3v) is 7.28. The van der Waals surface area contributed by atoms with Gasteiger partial charge in [0.1, 0.15) is 12.4 Å². The van der Waals surface area contributed by atoms with Crippen LogP contribution in [0.1, 0.15) is 17.2 Å². The zero-order valence-electron chi connectivity index (χ0n) is 16.6. The molecule has 1 saturated heterocycles. The van der Waals surface area contributed by atoms with Gasteiger partial charge in [-0.25, -0.2) is 0 Å². The second kappa shape index (κ2) is 7.29. The lowest BCUT2D eigenvalue weighted by Crippen LogP contribution is -2.27. The number of ether oxygens (including phenoxy) is 1. The van der Waals surface area contributed by atoms with Gasteiger partial charge in [-0.05, 0) is 42.1 Å². The highest BCUT2D eigenvalue weighted by Gasteiger charge is 2.25. The third kappa shape index (κ3) is 3.08. The van der Waals surface area contributed by atoms with E-state index in [1.165, 1.54) is 31.6 Å². The molecule has 2 aromatic carbocycles. The summed E-state index contributed by atoms with van der Waals surface area (Å²) >= 11 is 1.91. The van der Waals surface area contributed by atoms with Crippen molar-refractivity contribution >= 4 is 38.0 Å². The zero-order chi connectivity index (χ0) is 19.9. The van der Waals surface area contributed by atoms with E-state index in [1.54, 1.807) is 0 Å². The Morgan fingerprint density at radius 2 is 1.93 bits per heavy atom. The minimum atomic E-state index is 0.416. The molecule has 3 heterocycles. The van der Waals surface area contributed by atoms with E-state index in [0.717, 1.165) is 30.8 Å². The number of fused-ring (bicyclic) bond motifs is 3. The van der Waals surface area contributed by atoms with Crippen LogP contribution in [-0.4, -0.2) is 24.7 Å². The van der Waals surface area contributed by atoms with Crippen LogP contribution < -0.4 is 4.90 Å². The number of allylic oxidation sites excluding steroid dienone is 2. The van der Waals surface area contributed by atoms with Crippen LogP contribution in [0, 0.1) is 0 Å². The molecule has 1 aliphatic heterocycles. The molecule has 0 amide bonds. The Labute approximate surface area is 179 Å². The van der Waals surface area contributed by atoms with E-state index in [9.17, 15) is 0 Å². The fraction of sp³-hybridized carbons (Fsp3) is 0.192. The molecular formula is C26H22N2OS. The van der Waals surface area contributed by atoms with Crippen LogP contribution in [0.15, 0.2) is 90.3 Å². The smallest absolute Gasteiger partial charge is 0.120 e. The monoisotopic (exact) mass is 410 g/mol. The maximum atomic E-state index is 6.15. The number of anilines is 1. The number of rotatable bonds is 2. The third-order valence-electron chi connectivity index (χ3n) is 6.03. The van der Waals surface area contributed by atoms with Crippen molar-refractivity contribution in [3.8, 4) is 0 Å². The second-order valence-electron chi connectivity index (χ2n) is 7.91. The van der Waals surface area contributed by atoms with Crippen molar-refractivity contribution in [3.63, 3.8) is 0 Å². The van der Waals surface area contributed by atoms with Crippen LogP contribution in [0.2, 0.25) is 0 Å². The second-order valence-corrected chi connectivity index (χ2v) is 9.02. The quantitative estimate of drug-likeness (QED) is 0.389. The average Bonchev–Trinajstić information content (AvgIpc) is 3.12. The number of benzene rings is 2. The van der Waals surface area contributed by atoms with Crippen molar-refractivity contribution in [1.29, 1.82) is 0 Å². The van der Waals surface area contributed by atoms with E-state index < -0.39 is 0 Å². The molecule has 0 saturated carbocycles. The van der Waals surface area contributed by atoms with Crippen molar-refractivity contribution in [2.45, 2.75) is 12.3 Å². The number of hydrogen-bond acceptors (Lipinski definition) is 4. The fourth-order valence-corrected chi connectivity index (χ4v) is 5.68. The van der Waals surface area contributed by atoms with Gasteiger partial charge in [-0.3, -0.25) is 4.98 Å². The molecular weight excluding hydrogens is 388 g/mol. The predicted octanol–water partition coefficient (Wildman–Crippen LogP) is 6.28. The molecule has 30 heavy (non-hydrogen) atoms. The highest BCUT2D eigenvalue weighted by molar-refractivity contribution is 7.19. The minimum absolute atomic E-state index is 0.416.